The van der Waals surface area contributed by atoms with Gasteiger partial charge in [0.2, 0.25) is 21.8 Å². The Morgan fingerprint density at radius 1 is 1.09 bits per heavy atom. The summed E-state index contributed by atoms with van der Waals surface area (Å²) >= 11 is 3.36. The molecule has 0 aromatic heterocycles. The molecule has 2 aromatic rings. The first-order valence-corrected chi connectivity index (χ1v) is 13.0. The minimum Gasteiger partial charge on any atom is -0.497 e. The third kappa shape index (κ3) is 7.46. The topological polar surface area (TPSA) is 96.0 Å². The van der Waals surface area contributed by atoms with E-state index in [9.17, 15) is 18.0 Å². The van der Waals surface area contributed by atoms with Crippen LogP contribution in [0.1, 0.15) is 26.3 Å². The van der Waals surface area contributed by atoms with Crippen LogP contribution in [0.15, 0.2) is 53.0 Å². The molecule has 0 aliphatic rings. The number of rotatable bonds is 10. The first-order valence-electron chi connectivity index (χ1n) is 10.4. The molecule has 0 saturated heterocycles. The fraction of sp³-hybridized carbons (Fsp3) is 0.391. The zero-order valence-corrected chi connectivity index (χ0v) is 21.8. The predicted molar refractivity (Wildman–Crippen MR) is 133 cm³/mol. The maximum Gasteiger partial charge on any atom is 0.244 e. The Morgan fingerprint density at radius 2 is 1.76 bits per heavy atom. The van der Waals surface area contributed by atoms with E-state index in [1.807, 2.05) is 19.9 Å². The normalized spacial score (nSPS) is 12.2. The lowest BCUT2D eigenvalue weighted by molar-refractivity contribution is -0.139. The zero-order valence-electron chi connectivity index (χ0n) is 19.4. The molecular weight excluding hydrogens is 510 g/mol. The van der Waals surface area contributed by atoms with E-state index >= 15 is 0 Å². The largest absolute Gasteiger partial charge is 0.497 e. The molecule has 0 unspecified atom stereocenters. The summed E-state index contributed by atoms with van der Waals surface area (Å²) < 4.78 is 32.0. The molecule has 10 heteroatoms. The van der Waals surface area contributed by atoms with Crippen LogP contribution in [0.25, 0.3) is 0 Å². The summed E-state index contributed by atoms with van der Waals surface area (Å²) in [6.07, 6.45) is 1.04. The second-order valence-corrected chi connectivity index (χ2v) is 10.7. The molecular formula is C23H30BrN3O5S. The molecule has 8 nitrogen and oxygen atoms in total. The first-order chi connectivity index (χ1) is 15.4. The van der Waals surface area contributed by atoms with E-state index in [-0.39, 0.29) is 18.5 Å². The van der Waals surface area contributed by atoms with Gasteiger partial charge >= 0.3 is 0 Å². The summed E-state index contributed by atoms with van der Waals surface area (Å²) in [6, 6.07) is 13.0. The van der Waals surface area contributed by atoms with Crippen molar-refractivity contribution < 1.29 is 22.7 Å². The smallest absolute Gasteiger partial charge is 0.244 e. The third-order valence-electron chi connectivity index (χ3n) is 4.89. The standard InChI is InChI=1S/C23H30BrN3O5S/c1-16(2)25-23(29)17(3)26(14-18-9-8-10-19(13-18)32-4)22(28)15-27(33(5,30)31)21-12-7-6-11-20(21)24/h6-13,16-17H,14-15H2,1-5H3,(H,25,29)/t17-/m1/s1. The molecule has 0 spiro atoms. The summed E-state index contributed by atoms with van der Waals surface area (Å²) in [7, 11) is -2.24. The summed E-state index contributed by atoms with van der Waals surface area (Å²) in [4.78, 5) is 27.6. The van der Waals surface area contributed by atoms with E-state index in [1.54, 1.807) is 56.5 Å². The number of amides is 2. The van der Waals surface area contributed by atoms with Gasteiger partial charge in [0.05, 0.1) is 19.1 Å². The molecule has 180 valence electrons. The van der Waals surface area contributed by atoms with Crippen LogP contribution in [0, 0.1) is 0 Å². The highest BCUT2D eigenvalue weighted by atomic mass is 79.9. The minimum absolute atomic E-state index is 0.107. The van der Waals surface area contributed by atoms with Crippen LogP contribution in [0.5, 0.6) is 5.75 Å². The second kappa shape index (κ2) is 11.5. The number of para-hydroxylation sites is 1. The van der Waals surface area contributed by atoms with Crippen molar-refractivity contribution >= 4 is 43.5 Å². The van der Waals surface area contributed by atoms with E-state index in [1.165, 1.54) is 4.90 Å². The van der Waals surface area contributed by atoms with Crippen LogP contribution in [0.2, 0.25) is 0 Å². The van der Waals surface area contributed by atoms with Gasteiger partial charge in [0.1, 0.15) is 18.3 Å². The monoisotopic (exact) mass is 539 g/mol. The quantitative estimate of drug-likeness (QED) is 0.500. The number of methoxy groups -OCH3 is 1. The average Bonchev–Trinajstić information content (AvgIpc) is 2.74. The Balaban J connectivity index is 2.42. The molecule has 33 heavy (non-hydrogen) atoms. The molecule has 2 aromatic carbocycles. The Morgan fingerprint density at radius 3 is 2.33 bits per heavy atom. The van der Waals surface area contributed by atoms with Gasteiger partial charge < -0.3 is 15.0 Å². The number of carbonyl (C=O) groups excluding carboxylic acids is 2. The van der Waals surface area contributed by atoms with Crippen LogP contribution < -0.4 is 14.4 Å². The van der Waals surface area contributed by atoms with Crippen LogP contribution in [-0.2, 0) is 26.2 Å². The van der Waals surface area contributed by atoms with Crippen molar-refractivity contribution in [1.29, 1.82) is 0 Å². The molecule has 1 atom stereocenters. The van der Waals surface area contributed by atoms with Crippen molar-refractivity contribution in [3.05, 3.63) is 58.6 Å². The number of ether oxygens (including phenoxy) is 1. The van der Waals surface area contributed by atoms with Crippen LogP contribution >= 0.6 is 15.9 Å². The molecule has 0 aliphatic carbocycles. The second-order valence-electron chi connectivity index (χ2n) is 7.93. The Kier molecular flexibility index (Phi) is 9.30. The number of anilines is 1. The van der Waals surface area contributed by atoms with Gasteiger partial charge in [-0.2, -0.15) is 0 Å². The van der Waals surface area contributed by atoms with Gasteiger partial charge in [-0.25, -0.2) is 8.42 Å². The highest BCUT2D eigenvalue weighted by molar-refractivity contribution is 9.10. The predicted octanol–water partition coefficient (Wildman–Crippen LogP) is 3.17. The number of hydrogen-bond acceptors (Lipinski definition) is 5. The fourth-order valence-corrected chi connectivity index (χ4v) is 4.68. The number of nitrogens with one attached hydrogen (secondary N) is 1. The van der Waals surface area contributed by atoms with E-state index in [4.69, 9.17) is 4.74 Å². The van der Waals surface area contributed by atoms with Gasteiger partial charge in [0.25, 0.3) is 0 Å². The number of carbonyl (C=O) groups is 2. The van der Waals surface area contributed by atoms with Crippen molar-refractivity contribution in [3.8, 4) is 5.75 Å². The molecule has 2 amide bonds. The average molecular weight is 540 g/mol. The van der Waals surface area contributed by atoms with Crippen molar-refractivity contribution in [3.63, 3.8) is 0 Å². The van der Waals surface area contributed by atoms with Crippen LogP contribution in [-0.4, -0.2) is 57.1 Å². The summed E-state index contributed by atoms with van der Waals surface area (Å²) in [6.45, 7) is 4.94. The fourth-order valence-electron chi connectivity index (χ4n) is 3.20. The lowest BCUT2D eigenvalue weighted by atomic mass is 10.1. The third-order valence-corrected chi connectivity index (χ3v) is 6.68. The number of hydrogen-bond donors (Lipinski definition) is 1. The maximum atomic E-state index is 13.5. The Bertz CT molecular complexity index is 1090. The van der Waals surface area contributed by atoms with Gasteiger partial charge in [0.15, 0.2) is 0 Å². The van der Waals surface area contributed by atoms with Gasteiger partial charge in [-0.15, -0.1) is 0 Å². The Labute approximate surface area is 204 Å². The molecule has 2 rings (SSSR count). The van der Waals surface area contributed by atoms with Crippen molar-refractivity contribution in [1.82, 2.24) is 10.2 Å². The molecule has 1 N–H and O–H groups in total. The van der Waals surface area contributed by atoms with Crippen molar-refractivity contribution in [2.24, 2.45) is 0 Å². The number of halogens is 1. The van der Waals surface area contributed by atoms with E-state index in [2.05, 4.69) is 21.2 Å². The lowest BCUT2D eigenvalue weighted by Gasteiger charge is -2.32. The summed E-state index contributed by atoms with van der Waals surface area (Å²) in [5, 5.41) is 2.81. The highest BCUT2D eigenvalue weighted by Gasteiger charge is 2.30. The highest BCUT2D eigenvalue weighted by Crippen LogP contribution is 2.28. The first kappa shape index (κ1) is 26.7. The molecule has 0 aliphatic heterocycles. The van der Waals surface area contributed by atoms with Crippen molar-refractivity contribution in [2.75, 3.05) is 24.2 Å². The maximum absolute atomic E-state index is 13.5. The van der Waals surface area contributed by atoms with E-state index in [0.717, 1.165) is 16.1 Å². The molecule has 0 heterocycles. The lowest BCUT2D eigenvalue weighted by Crippen LogP contribution is -2.52. The van der Waals surface area contributed by atoms with Gasteiger partial charge in [-0.05, 0) is 66.5 Å². The minimum atomic E-state index is -3.78. The Hall–Kier alpha value is -2.59. The number of nitrogens with zero attached hydrogens (tertiary/aromatic N) is 2. The molecule has 0 saturated carbocycles. The number of sulfonamides is 1. The molecule has 0 radical (unpaired) electrons. The SMILES string of the molecule is COc1cccc(CN(C(=O)CN(c2ccccc2Br)S(C)(=O)=O)[C@H](C)C(=O)NC(C)C)c1. The molecule has 0 bridgehead atoms. The number of benzene rings is 2. The zero-order chi connectivity index (χ0) is 24.8. The van der Waals surface area contributed by atoms with Gasteiger partial charge in [-0.3, -0.25) is 13.9 Å². The van der Waals surface area contributed by atoms with Gasteiger partial charge in [-0.1, -0.05) is 24.3 Å². The molecule has 0 fully saturated rings. The van der Waals surface area contributed by atoms with Crippen LogP contribution in [0.3, 0.4) is 0 Å². The van der Waals surface area contributed by atoms with Crippen LogP contribution in [0.4, 0.5) is 5.69 Å². The summed E-state index contributed by atoms with van der Waals surface area (Å²) in [5.74, 6) is -0.219. The van der Waals surface area contributed by atoms with E-state index < -0.39 is 28.5 Å². The summed E-state index contributed by atoms with van der Waals surface area (Å²) in [5.41, 5.74) is 1.09. The van der Waals surface area contributed by atoms with Crippen molar-refractivity contribution in [2.45, 2.75) is 39.4 Å². The van der Waals surface area contributed by atoms with E-state index in [0.29, 0.717) is 15.9 Å². The van der Waals surface area contributed by atoms with Gasteiger partial charge in [0, 0.05) is 17.1 Å².